The number of anilines is 1. The zero-order chi connectivity index (χ0) is 28.2. The van der Waals surface area contributed by atoms with Crippen molar-refractivity contribution < 1.29 is 26.4 Å². The van der Waals surface area contributed by atoms with Crippen molar-refractivity contribution in [3.63, 3.8) is 0 Å². The van der Waals surface area contributed by atoms with E-state index in [2.05, 4.69) is 26.1 Å². The van der Waals surface area contributed by atoms with Gasteiger partial charge in [-0.15, -0.1) is 0 Å². The zero-order valence-corrected chi connectivity index (χ0v) is 24.7. The maximum atomic E-state index is 13.5. The summed E-state index contributed by atoms with van der Waals surface area (Å²) in [6.45, 7) is 8.10. The first-order chi connectivity index (χ1) is 18.2. The highest BCUT2D eigenvalue weighted by Gasteiger charge is 2.53. The van der Waals surface area contributed by atoms with Crippen LogP contribution in [0.3, 0.4) is 0 Å². The third-order valence-corrected chi connectivity index (χ3v) is 12.2. The first-order valence-electron chi connectivity index (χ1n) is 13.0. The monoisotopic (exact) mass is 595 g/mol. The number of sulfonamides is 2. The van der Waals surface area contributed by atoms with Crippen molar-refractivity contribution in [2.45, 2.75) is 55.9 Å². The van der Waals surface area contributed by atoms with Gasteiger partial charge in [-0.05, 0) is 72.6 Å². The highest BCUT2D eigenvalue weighted by molar-refractivity contribution is 7.89. The molecule has 12 heteroatoms. The Bertz CT molecular complexity index is 1490. The van der Waals surface area contributed by atoms with Crippen LogP contribution in [-0.2, 0) is 24.8 Å². The normalized spacial score (nSPS) is 25.9. The maximum absolute atomic E-state index is 13.5. The Morgan fingerprint density at radius 1 is 0.974 bits per heavy atom. The molecule has 5 rings (SSSR count). The molecule has 9 nitrogen and oxygen atoms in total. The van der Waals surface area contributed by atoms with E-state index in [9.17, 15) is 21.6 Å². The summed E-state index contributed by atoms with van der Waals surface area (Å²) in [6, 6.07) is 10.1. The minimum Gasteiger partial charge on any atom is -0.379 e. The minimum atomic E-state index is -3.87. The number of hydrogen-bond acceptors (Lipinski definition) is 6. The maximum Gasteiger partial charge on any atom is 0.255 e. The molecule has 2 saturated heterocycles. The molecule has 3 aliphatic rings. The number of nitrogens with one attached hydrogen (secondary N) is 1. The molecule has 2 bridgehead atoms. The second-order valence-electron chi connectivity index (χ2n) is 11.9. The molecule has 3 fully saturated rings. The largest absolute Gasteiger partial charge is 0.379 e. The summed E-state index contributed by atoms with van der Waals surface area (Å²) in [4.78, 5) is 13.0. The molecule has 2 heterocycles. The van der Waals surface area contributed by atoms with Crippen LogP contribution in [0, 0.1) is 10.8 Å². The van der Waals surface area contributed by atoms with Crippen molar-refractivity contribution in [3.8, 4) is 0 Å². The summed E-state index contributed by atoms with van der Waals surface area (Å²) in [7, 11) is -7.58. The van der Waals surface area contributed by atoms with Gasteiger partial charge in [0.25, 0.3) is 5.91 Å². The van der Waals surface area contributed by atoms with Crippen molar-refractivity contribution in [1.82, 2.24) is 8.61 Å². The van der Waals surface area contributed by atoms with Crippen LogP contribution in [0.25, 0.3) is 0 Å². The lowest BCUT2D eigenvalue weighted by atomic mass is 9.65. The standard InChI is InChI=1S/C27H34ClN3O6S2/c1-26(2)15-21-16-27(3,17-26)18-31(21)38(33,34)22-7-4-19(5-8-22)25(32)29-20-6-9-23(28)24(14-20)39(35,36)30-10-12-37-13-11-30/h4-9,14,21H,10-13,15-18H2,1-3H3,(H,29,32)/t21-,27+/m1/s1. The Labute approximate surface area is 235 Å². The summed E-state index contributed by atoms with van der Waals surface area (Å²) in [5, 5.41) is 2.75. The van der Waals surface area contributed by atoms with Gasteiger partial charge in [0.05, 0.1) is 23.1 Å². The summed E-state index contributed by atoms with van der Waals surface area (Å²) < 4.78 is 61.5. The molecule has 2 aromatic rings. The second-order valence-corrected chi connectivity index (χ2v) is 16.1. The SMILES string of the molecule is CC1(C)C[C@@H]2C[C@](C)(CN2S(=O)(=O)c2ccc(C(=O)Nc3ccc(Cl)c(S(=O)(=O)N4CCOCC4)c3)cc2)C1. The van der Waals surface area contributed by atoms with Gasteiger partial charge in [0.2, 0.25) is 20.0 Å². The Kier molecular flexibility index (Phi) is 7.39. The molecule has 2 aromatic carbocycles. The summed E-state index contributed by atoms with van der Waals surface area (Å²) in [6.07, 6.45) is 2.68. The lowest BCUT2D eigenvalue weighted by Crippen LogP contribution is -2.40. The van der Waals surface area contributed by atoms with E-state index in [0.29, 0.717) is 19.8 Å². The number of benzene rings is 2. The summed E-state index contributed by atoms with van der Waals surface area (Å²) >= 11 is 6.21. The molecule has 39 heavy (non-hydrogen) atoms. The average molecular weight is 596 g/mol. The van der Waals surface area contributed by atoms with Crippen molar-refractivity contribution in [2.24, 2.45) is 10.8 Å². The molecule has 1 aliphatic carbocycles. The Hall–Kier alpha value is -2.02. The van der Waals surface area contributed by atoms with Gasteiger partial charge >= 0.3 is 0 Å². The van der Waals surface area contributed by atoms with E-state index >= 15 is 0 Å². The molecule has 1 N–H and O–H groups in total. The fraction of sp³-hybridized carbons (Fsp3) is 0.519. The lowest BCUT2D eigenvalue weighted by molar-refractivity contribution is 0.0730. The van der Waals surface area contributed by atoms with Crippen molar-refractivity contribution in [2.75, 3.05) is 38.2 Å². The number of nitrogens with zero attached hydrogens (tertiary/aromatic N) is 2. The van der Waals surface area contributed by atoms with Gasteiger partial charge in [-0.3, -0.25) is 4.79 Å². The van der Waals surface area contributed by atoms with Crippen LogP contribution < -0.4 is 5.32 Å². The number of hydrogen-bond donors (Lipinski definition) is 1. The number of rotatable bonds is 6. The first-order valence-corrected chi connectivity index (χ1v) is 16.3. The van der Waals surface area contributed by atoms with Crippen LogP contribution in [0.4, 0.5) is 5.69 Å². The lowest BCUT2D eigenvalue weighted by Gasteiger charge is -2.39. The number of carbonyl (C=O) groups excluding carboxylic acids is 1. The van der Waals surface area contributed by atoms with Gasteiger partial charge in [0.15, 0.2) is 0 Å². The number of morpholine rings is 1. The van der Waals surface area contributed by atoms with E-state index < -0.39 is 26.0 Å². The number of ether oxygens (including phenoxy) is 1. The molecule has 2 aliphatic heterocycles. The molecule has 1 saturated carbocycles. The fourth-order valence-corrected chi connectivity index (χ4v) is 10.2. The summed E-state index contributed by atoms with van der Waals surface area (Å²) in [5.41, 5.74) is 0.557. The Morgan fingerprint density at radius 2 is 1.64 bits per heavy atom. The fourth-order valence-electron chi connectivity index (χ4n) is 6.51. The molecule has 0 unspecified atom stereocenters. The molecule has 2 atom stereocenters. The molecule has 0 aromatic heterocycles. The van der Waals surface area contributed by atoms with Gasteiger partial charge in [-0.25, -0.2) is 16.8 Å². The van der Waals surface area contributed by atoms with Gasteiger partial charge in [0.1, 0.15) is 4.90 Å². The molecular weight excluding hydrogens is 562 g/mol. The van der Waals surface area contributed by atoms with Crippen LogP contribution in [0.1, 0.15) is 50.4 Å². The van der Waals surface area contributed by atoms with E-state index in [-0.39, 0.29) is 56.0 Å². The van der Waals surface area contributed by atoms with Gasteiger partial charge < -0.3 is 10.1 Å². The highest BCUT2D eigenvalue weighted by atomic mass is 35.5. The molecule has 212 valence electrons. The van der Waals surface area contributed by atoms with Crippen molar-refractivity contribution >= 4 is 43.2 Å². The quantitative estimate of drug-likeness (QED) is 0.535. The number of halogens is 1. The van der Waals surface area contributed by atoms with Gasteiger partial charge in [0, 0.05) is 36.9 Å². The van der Waals surface area contributed by atoms with E-state index in [0.717, 1.165) is 19.3 Å². The van der Waals surface area contributed by atoms with Crippen molar-refractivity contribution in [1.29, 1.82) is 0 Å². The van der Waals surface area contributed by atoms with Crippen LogP contribution in [0.5, 0.6) is 0 Å². The first kappa shape index (κ1) is 28.5. The molecule has 0 spiro atoms. The average Bonchev–Trinajstić information content (AvgIpc) is 3.14. The number of fused-ring (bicyclic) bond motifs is 2. The van der Waals surface area contributed by atoms with Crippen molar-refractivity contribution in [3.05, 3.63) is 53.1 Å². The predicted molar refractivity (Wildman–Crippen MR) is 149 cm³/mol. The minimum absolute atomic E-state index is 0.0282. The van der Waals surface area contributed by atoms with Crippen LogP contribution in [0.2, 0.25) is 5.02 Å². The van der Waals surface area contributed by atoms with E-state index in [1.54, 1.807) is 4.31 Å². The predicted octanol–water partition coefficient (Wildman–Crippen LogP) is 4.20. The van der Waals surface area contributed by atoms with E-state index in [1.165, 1.54) is 46.8 Å². The van der Waals surface area contributed by atoms with Gasteiger partial charge in [-0.1, -0.05) is 32.4 Å². The third kappa shape index (κ3) is 5.62. The zero-order valence-electron chi connectivity index (χ0n) is 22.3. The van der Waals surface area contributed by atoms with Gasteiger partial charge in [-0.2, -0.15) is 8.61 Å². The topological polar surface area (TPSA) is 113 Å². The van der Waals surface area contributed by atoms with Crippen LogP contribution in [0.15, 0.2) is 52.3 Å². The number of amides is 1. The summed E-state index contributed by atoms with van der Waals surface area (Å²) in [5.74, 6) is -0.498. The Balaban J connectivity index is 1.32. The highest BCUT2D eigenvalue weighted by Crippen LogP contribution is 2.53. The molecule has 1 amide bonds. The Morgan fingerprint density at radius 3 is 2.31 bits per heavy atom. The third-order valence-electron chi connectivity index (χ3n) is 7.87. The smallest absolute Gasteiger partial charge is 0.255 e. The molecular formula is C27H34ClN3O6S2. The van der Waals surface area contributed by atoms with Crippen LogP contribution in [-0.4, -0.2) is 70.2 Å². The van der Waals surface area contributed by atoms with Crippen LogP contribution >= 0.6 is 11.6 Å². The van der Waals surface area contributed by atoms with E-state index in [4.69, 9.17) is 16.3 Å². The number of carbonyl (C=O) groups is 1. The second kappa shape index (κ2) is 10.1. The molecule has 0 radical (unpaired) electrons. The van der Waals surface area contributed by atoms with E-state index in [1.807, 2.05) is 0 Å².